The minimum Gasteiger partial charge on any atom is -0.449 e. The fourth-order valence-electron chi connectivity index (χ4n) is 0.858. The maximum atomic E-state index is 8.80. The van der Waals surface area contributed by atoms with Crippen LogP contribution in [0.3, 0.4) is 0 Å². The Morgan fingerprint density at radius 1 is 1.50 bits per heavy atom. The number of benzene rings is 1. The van der Waals surface area contributed by atoms with Crippen molar-refractivity contribution in [1.82, 2.24) is 0 Å². The van der Waals surface area contributed by atoms with Crippen molar-refractivity contribution in [2.24, 2.45) is 0 Å². The summed E-state index contributed by atoms with van der Waals surface area (Å²) in [4.78, 5) is 0. The summed E-state index contributed by atoms with van der Waals surface area (Å²) in [5, 5.41) is 9.88. The molecule has 0 fully saturated rings. The summed E-state index contributed by atoms with van der Waals surface area (Å²) < 4.78 is 0. The van der Waals surface area contributed by atoms with Crippen LogP contribution in [-0.4, -0.2) is 12.5 Å². The van der Waals surface area contributed by atoms with E-state index in [1.165, 1.54) is 5.56 Å². The van der Waals surface area contributed by atoms with Gasteiger partial charge < -0.3 is 5.02 Å². The Hall–Kier alpha value is -0.325. The Morgan fingerprint density at radius 2 is 2.20 bits per heavy atom. The number of aryl methyl sites for hydroxylation is 1. The van der Waals surface area contributed by atoms with Crippen molar-refractivity contribution < 1.29 is 5.02 Å². The van der Waals surface area contributed by atoms with Crippen molar-refractivity contribution in [2.75, 3.05) is 0 Å². The van der Waals surface area contributed by atoms with Crippen LogP contribution in [0.15, 0.2) is 18.2 Å². The van der Waals surface area contributed by atoms with E-state index in [2.05, 4.69) is 9.24 Å². The van der Waals surface area contributed by atoms with E-state index in [4.69, 9.17) is 5.02 Å². The van der Waals surface area contributed by atoms with E-state index >= 15 is 0 Å². The van der Waals surface area contributed by atoms with Crippen molar-refractivity contribution in [3.63, 3.8) is 0 Å². The van der Waals surface area contributed by atoms with Crippen LogP contribution in [0, 0.1) is 6.92 Å². The summed E-state index contributed by atoms with van der Waals surface area (Å²) in [5.41, 5.74) is 2.21. The van der Waals surface area contributed by atoms with Crippen molar-refractivity contribution in [1.29, 1.82) is 0 Å². The van der Waals surface area contributed by atoms with Crippen LogP contribution in [0.4, 0.5) is 0 Å². The molecule has 0 heterocycles. The molecule has 0 saturated heterocycles. The smallest absolute Gasteiger partial charge is 0.305 e. The van der Waals surface area contributed by atoms with Crippen LogP contribution in [0.5, 0.6) is 0 Å². The van der Waals surface area contributed by atoms with E-state index in [0.717, 1.165) is 10.8 Å². The SMILES string of the molecule is Cc1ccc(BO)c(P)c1. The molecule has 52 valence electrons. The van der Waals surface area contributed by atoms with Gasteiger partial charge in [-0.15, -0.1) is 9.24 Å². The summed E-state index contributed by atoms with van der Waals surface area (Å²) in [5.74, 6) is 0. The molecule has 10 heavy (non-hydrogen) atoms. The highest BCUT2D eigenvalue weighted by molar-refractivity contribution is 7.28. The molecule has 0 aliphatic heterocycles. The highest BCUT2D eigenvalue weighted by Gasteiger charge is 1.96. The summed E-state index contributed by atoms with van der Waals surface area (Å²) in [6, 6.07) is 5.98. The van der Waals surface area contributed by atoms with E-state index in [0.29, 0.717) is 0 Å². The minimum absolute atomic E-state index is 0.124. The Balaban J connectivity index is 3.07. The molecule has 1 unspecified atom stereocenters. The average Bonchev–Trinajstić information content (AvgIpc) is 1.88. The molecule has 0 bridgehead atoms. The standard InChI is InChI=1S/C7H10BOP/c1-5-2-3-6(8-9)7(10)4-5/h2-4,8-9H,10H2,1H3. The topological polar surface area (TPSA) is 20.2 Å². The van der Waals surface area contributed by atoms with Crippen molar-refractivity contribution in [3.8, 4) is 0 Å². The highest BCUT2D eigenvalue weighted by atomic mass is 31.0. The first-order valence-electron chi connectivity index (χ1n) is 3.20. The predicted octanol–water partition coefficient (Wildman–Crippen LogP) is -0.535. The molecule has 0 aromatic heterocycles. The lowest BCUT2D eigenvalue weighted by Gasteiger charge is -2.00. The second-order valence-electron chi connectivity index (χ2n) is 2.36. The molecule has 0 radical (unpaired) electrons. The molecule has 1 aromatic rings. The molecule has 0 aliphatic carbocycles. The van der Waals surface area contributed by atoms with Gasteiger partial charge in [0.2, 0.25) is 0 Å². The Kier molecular flexibility index (Phi) is 2.47. The zero-order valence-corrected chi connectivity index (χ0v) is 7.12. The zero-order chi connectivity index (χ0) is 7.56. The quantitative estimate of drug-likeness (QED) is 0.423. The highest BCUT2D eigenvalue weighted by Crippen LogP contribution is 1.93. The second kappa shape index (κ2) is 3.18. The average molecular weight is 152 g/mol. The summed E-state index contributed by atoms with van der Waals surface area (Å²) in [6.07, 6.45) is 0. The number of rotatable bonds is 1. The molecule has 0 amide bonds. The van der Waals surface area contributed by atoms with Crippen LogP contribution in [-0.2, 0) is 0 Å². The predicted molar refractivity (Wildman–Crippen MR) is 49.5 cm³/mol. The van der Waals surface area contributed by atoms with Gasteiger partial charge in [-0.3, -0.25) is 0 Å². The van der Waals surface area contributed by atoms with Gasteiger partial charge in [0, 0.05) is 0 Å². The first-order chi connectivity index (χ1) is 4.74. The normalized spacial score (nSPS) is 9.50. The van der Waals surface area contributed by atoms with Gasteiger partial charge in [-0.1, -0.05) is 23.8 Å². The molecule has 1 aromatic carbocycles. The van der Waals surface area contributed by atoms with Gasteiger partial charge in [-0.05, 0) is 17.7 Å². The van der Waals surface area contributed by atoms with Crippen LogP contribution in [0.25, 0.3) is 0 Å². The van der Waals surface area contributed by atoms with E-state index in [1.54, 1.807) is 0 Å². The summed E-state index contributed by atoms with van der Waals surface area (Å²) >= 11 is 0. The van der Waals surface area contributed by atoms with Crippen LogP contribution in [0.2, 0.25) is 0 Å². The largest absolute Gasteiger partial charge is 0.449 e. The molecule has 0 aliphatic rings. The monoisotopic (exact) mass is 152 g/mol. The van der Waals surface area contributed by atoms with Crippen molar-refractivity contribution in [2.45, 2.75) is 6.92 Å². The molecule has 1 nitrogen and oxygen atoms in total. The van der Waals surface area contributed by atoms with Crippen LogP contribution < -0.4 is 10.8 Å². The fourth-order valence-corrected chi connectivity index (χ4v) is 1.31. The Labute approximate surface area is 63.9 Å². The first kappa shape index (κ1) is 7.78. The molecule has 1 N–H and O–H groups in total. The van der Waals surface area contributed by atoms with Gasteiger partial charge >= 0.3 is 7.48 Å². The molecular formula is C7H10BOP. The third-order valence-corrected chi connectivity index (χ3v) is 2.01. The molecule has 1 atom stereocenters. The van der Waals surface area contributed by atoms with E-state index < -0.39 is 0 Å². The lowest BCUT2D eigenvalue weighted by molar-refractivity contribution is 0.615. The fraction of sp³-hybridized carbons (Fsp3) is 0.143. The van der Waals surface area contributed by atoms with E-state index in [1.807, 2.05) is 25.1 Å². The van der Waals surface area contributed by atoms with Gasteiger partial charge in [0.05, 0.1) is 0 Å². The summed E-state index contributed by atoms with van der Waals surface area (Å²) in [7, 11) is 2.73. The number of hydrogen-bond donors (Lipinski definition) is 1. The third kappa shape index (κ3) is 1.59. The van der Waals surface area contributed by atoms with Gasteiger partial charge in [0.25, 0.3) is 0 Å². The molecule has 0 spiro atoms. The van der Waals surface area contributed by atoms with Crippen molar-refractivity contribution >= 4 is 27.5 Å². The second-order valence-corrected chi connectivity index (χ2v) is 2.98. The third-order valence-electron chi connectivity index (χ3n) is 1.47. The Bertz CT molecular complexity index is 237. The minimum atomic E-state index is 0.124. The van der Waals surface area contributed by atoms with Gasteiger partial charge in [-0.2, -0.15) is 0 Å². The number of hydrogen-bond acceptors (Lipinski definition) is 1. The Morgan fingerprint density at radius 3 is 2.70 bits per heavy atom. The van der Waals surface area contributed by atoms with Gasteiger partial charge in [-0.25, -0.2) is 0 Å². The van der Waals surface area contributed by atoms with E-state index in [9.17, 15) is 0 Å². The molecule has 3 heteroatoms. The maximum Gasteiger partial charge on any atom is 0.305 e. The lowest BCUT2D eigenvalue weighted by atomic mass is 9.88. The molecule has 1 rings (SSSR count). The van der Waals surface area contributed by atoms with Crippen LogP contribution >= 0.6 is 9.24 Å². The molecular weight excluding hydrogens is 142 g/mol. The lowest BCUT2D eigenvalue weighted by Crippen LogP contribution is -2.26. The summed E-state index contributed by atoms with van der Waals surface area (Å²) in [6.45, 7) is 2.04. The van der Waals surface area contributed by atoms with Gasteiger partial charge in [0.15, 0.2) is 0 Å². The van der Waals surface area contributed by atoms with Crippen LogP contribution in [0.1, 0.15) is 5.56 Å². The maximum absolute atomic E-state index is 8.80. The first-order valence-corrected chi connectivity index (χ1v) is 3.77. The van der Waals surface area contributed by atoms with Crippen molar-refractivity contribution in [3.05, 3.63) is 23.8 Å². The van der Waals surface area contributed by atoms with E-state index in [-0.39, 0.29) is 7.48 Å². The van der Waals surface area contributed by atoms with Gasteiger partial charge in [0.1, 0.15) is 0 Å². The zero-order valence-electron chi connectivity index (χ0n) is 5.96. The molecule has 0 saturated carbocycles.